The van der Waals surface area contributed by atoms with Crippen LogP contribution in [0.15, 0.2) is 42.6 Å². The lowest BCUT2D eigenvalue weighted by Gasteiger charge is -2.09. The lowest BCUT2D eigenvalue weighted by Crippen LogP contribution is -2.07. The molecule has 1 N–H and O–H groups in total. The number of rotatable bonds is 4. The number of aliphatic carboxylic acids is 1. The Kier molecular flexibility index (Phi) is 3.44. The highest BCUT2D eigenvalue weighted by atomic mass is 16.4. The largest absolute Gasteiger partial charge is 0.481 e. The fourth-order valence-electron chi connectivity index (χ4n) is 1.88. The van der Waals surface area contributed by atoms with Gasteiger partial charge in [0.1, 0.15) is 11.8 Å². The highest BCUT2D eigenvalue weighted by Crippen LogP contribution is 2.13. The molecule has 0 bridgehead atoms. The highest BCUT2D eigenvalue weighted by molar-refractivity contribution is 5.70. The molecular weight excluding hydrogens is 228 g/mol. The van der Waals surface area contributed by atoms with E-state index in [4.69, 9.17) is 10.4 Å². The van der Waals surface area contributed by atoms with Crippen LogP contribution in [0.4, 0.5) is 0 Å². The lowest BCUT2D eigenvalue weighted by molar-refractivity contribution is -0.136. The van der Waals surface area contributed by atoms with Gasteiger partial charge >= 0.3 is 5.97 Å². The van der Waals surface area contributed by atoms with Gasteiger partial charge in [-0.15, -0.1) is 0 Å². The van der Waals surface area contributed by atoms with Gasteiger partial charge in [0.15, 0.2) is 0 Å². The number of nitriles is 1. The molecule has 4 nitrogen and oxygen atoms in total. The van der Waals surface area contributed by atoms with Crippen molar-refractivity contribution in [3.8, 4) is 6.07 Å². The summed E-state index contributed by atoms with van der Waals surface area (Å²) in [6.45, 7) is 0.513. The van der Waals surface area contributed by atoms with Gasteiger partial charge in [-0.05, 0) is 23.3 Å². The quantitative estimate of drug-likeness (QED) is 0.889. The van der Waals surface area contributed by atoms with Gasteiger partial charge in [0.2, 0.25) is 0 Å². The Hall–Kier alpha value is -2.54. The second-order valence-corrected chi connectivity index (χ2v) is 3.97. The number of hydrogen-bond donors (Lipinski definition) is 1. The average molecular weight is 240 g/mol. The summed E-state index contributed by atoms with van der Waals surface area (Å²) >= 11 is 0. The Labute approximate surface area is 105 Å². The summed E-state index contributed by atoms with van der Waals surface area (Å²) in [5.74, 6) is -0.851. The summed E-state index contributed by atoms with van der Waals surface area (Å²) in [6.07, 6.45) is 1.81. The zero-order chi connectivity index (χ0) is 13.0. The van der Waals surface area contributed by atoms with Gasteiger partial charge in [0.25, 0.3) is 0 Å². The Morgan fingerprint density at radius 2 is 1.94 bits per heavy atom. The molecule has 2 rings (SSSR count). The van der Waals surface area contributed by atoms with Crippen molar-refractivity contribution in [3.05, 3.63) is 59.4 Å². The molecule has 1 aromatic heterocycles. The number of hydrogen-bond acceptors (Lipinski definition) is 2. The van der Waals surface area contributed by atoms with Crippen LogP contribution in [-0.2, 0) is 17.8 Å². The van der Waals surface area contributed by atoms with E-state index >= 15 is 0 Å². The third kappa shape index (κ3) is 2.58. The van der Waals surface area contributed by atoms with Gasteiger partial charge in [-0.25, -0.2) is 0 Å². The third-order valence-electron chi connectivity index (χ3n) is 2.74. The van der Waals surface area contributed by atoms with Crippen molar-refractivity contribution in [1.29, 1.82) is 5.26 Å². The summed E-state index contributed by atoms with van der Waals surface area (Å²) in [7, 11) is 0. The zero-order valence-electron chi connectivity index (χ0n) is 9.71. The molecule has 2 aromatic rings. The van der Waals surface area contributed by atoms with Crippen LogP contribution >= 0.6 is 0 Å². The topological polar surface area (TPSA) is 66.0 Å². The van der Waals surface area contributed by atoms with Gasteiger partial charge in [-0.3, -0.25) is 4.79 Å². The van der Waals surface area contributed by atoms with Crippen LogP contribution in [0.2, 0.25) is 0 Å². The molecule has 0 aliphatic rings. The fourth-order valence-corrected chi connectivity index (χ4v) is 1.88. The smallest absolute Gasteiger partial charge is 0.307 e. The third-order valence-corrected chi connectivity index (χ3v) is 2.74. The van der Waals surface area contributed by atoms with E-state index in [1.54, 1.807) is 22.8 Å². The molecule has 0 fully saturated rings. The van der Waals surface area contributed by atoms with Crippen molar-refractivity contribution in [3.63, 3.8) is 0 Å². The maximum atomic E-state index is 10.8. The monoisotopic (exact) mass is 240 g/mol. The van der Waals surface area contributed by atoms with E-state index < -0.39 is 5.97 Å². The zero-order valence-corrected chi connectivity index (χ0v) is 9.71. The van der Waals surface area contributed by atoms with Crippen molar-refractivity contribution in [2.45, 2.75) is 13.0 Å². The summed E-state index contributed by atoms with van der Waals surface area (Å²) in [4.78, 5) is 10.8. The summed E-state index contributed by atoms with van der Waals surface area (Å²) in [6, 6.07) is 13.0. The molecule has 4 heteroatoms. The first-order chi connectivity index (χ1) is 8.70. The molecule has 0 amide bonds. The van der Waals surface area contributed by atoms with E-state index in [-0.39, 0.29) is 6.42 Å². The standard InChI is InChI=1S/C14H12N2O2/c15-9-13-6-3-7-16(13)10-12-5-2-1-4-11(12)8-14(17)18/h1-7H,8,10H2,(H,17,18). The predicted molar refractivity (Wildman–Crippen MR) is 66.0 cm³/mol. The van der Waals surface area contributed by atoms with Crippen molar-refractivity contribution in [2.75, 3.05) is 0 Å². The molecule has 0 saturated heterocycles. The molecule has 0 radical (unpaired) electrons. The minimum atomic E-state index is -0.851. The molecule has 90 valence electrons. The Balaban J connectivity index is 2.29. The first-order valence-electron chi connectivity index (χ1n) is 5.54. The van der Waals surface area contributed by atoms with Gasteiger partial charge in [0, 0.05) is 12.7 Å². The van der Waals surface area contributed by atoms with Gasteiger partial charge in [-0.1, -0.05) is 24.3 Å². The van der Waals surface area contributed by atoms with E-state index in [1.165, 1.54) is 0 Å². The normalized spacial score (nSPS) is 9.94. The lowest BCUT2D eigenvalue weighted by atomic mass is 10.0. The Morgan fingerprint density at radius 3 is 2.61 bits per heavy atom. The average Bonchev–Trinajstić information content (AvgIpc) is 2.78. The summed E-state index contributed by atoms with van der Waals surface area (Å²) in [5, 5.41) is 17.8. The Morgan fingerprint density at radius 1 is 1.22 bits per heavy atom. The van der Waals surface area contributed by atoms with Crippen LogP contribution in [0.1, 0.15) is 16.8 Å². The van der Waals surface area contributed by atoms with Crippen molar-refractivity contribution < 1.29 is 9.90 Å². The molecule has 1 heterocycles. The molecular formula is C14H12N2O2. The van der Waals surface area contributed by atoms with Crippen molar-refractivity contribution >= 4 is 5.97 Å². The Bertz CT molecular complexity index is 608. The molecule has 0 atom stereocenters. The number of carboxylic acid groups (broad SMARTS) is 1. The fraction of sp³-hybridized carbons (Fsp3) is 0.143. The van der Waals surface area contributed by atoms with Gasteiger partial charge < -0.3 is 9.67 Å². The maximum absolute atomic E-state index is 10.8. The van der Waals surface area contributed by atoms with E-state index in [1.807, 2.05) is 24.4 Å². The molecule has 0 saturated carbocycles. The van der Waals surface area contributed by atoms with E-state index in [9.17, 15) is 4.79 Å². The molecule has 0 unspecified atom stereocenters. The highest BCUT2D eigenvalue weighted by Gasteiger charge is 2.08. The number of carboxylic acids is 1. The molecule has 1 aromatic carbocycles. The predicted octanol–water partition coefficient (Wildman–Crippen LogP) is 2.04. The second kappa shape index (κ2) is 5.19. The summed E-state index contributed by atoms with van der Waals surface area (Å²) in [5.41, 5.74) is 2.27. The number of nitrogens with zero attached hydrogens (tertiary/aromatic N) is 2. The molecule has 18 heavy (non-hydrogen) atoms. The number of aromatic nitrogens is 1. The van der Waals surface area contributed by atoms with Crippen molar-refractivity contribution in [1.82, 2.24) is 4.57 Å². The number of benzene rings is 1. The molecule has 0 spiro atoms. The van der Waals surface area contributed by atoms with E-state index in [0.29, 0.717) is 12.2 Å². The number of carbonyl (C=O) groups is 1. The van der Waals surface area contributed by atoms with E-state index in [0.717, 1.165) is 11.1 Å². The van der Waals surface area contributed by atoms with E-state index in [2.05, 4.69) is 6.07 Å². The SMILES string of the molecule is N#Cc1cccn1Cc1ccccc1CC(=O)O. The van der Waals surface area contributed by atoms with Crippen LogP contribution in [0.3, 0.4) is 0 Å². The summed E-state index contributed by atoms with van der Waals surface area (Å²) < 4.78 is 1.81. The van der Waals surface area contributed by atoms with Crippen LogP contribution in [0.25, 0.3) is 0 Å². The van der Waals surface area contributed by atoms with Crippen molar-refractivity contribution in [2.24, 2.45) is 0 Å². The second-order valence-electron chi connectivity index (χ2n) is 3.97. The van der Waals surface area contributed by atoms with Crippen LogP contribution in [0.5, 0.6) is 0 Å². The maximum Gasteiger partial charge on any atom is 0.307 e. The van der Waals surface area contributed by atoms with Gasteiger partial charge in [0.05, 0.1) is 6.42 Å². The first kappa shape index (κ1) is 11.9. The van der Waals surface area contributed by atoms with Crippen LogP contribution in [0, 0.1) is 11.3 Å². The molecule has 0 aliphatic heterocycles. The molecule has 0 aliphatic carbocycles. The first-order valence-corrected chi connectivity index (χ1v) is 5.54. The van der Waals surface area contributed by atoms with Gasteiger partial charge in [-0.2, -0.15) is 5.26 Å². The minimum Gasteiger partial charge on any atom is -0.481 e. The van der Waals surface area contributed by atoms with Crippen LogP contribution in [-0.4, -0.2) is 15.6 Å². The van der Waals surface area contributed by atoms with Crippen LogP contribution < -0.4 is 0 Å². The minimum absolute atomic E-state index is 0.000666.